The van der Waals surface area contributed by atoms with Crippen LogP contribution in [0.25, 0.3) is 5.57 Å². The first-order valence-corrected chi connectivity index (χ1v) is 5.22. The van der Waals surface area contributed by atoms with Crippen LogP contribution in [0.3, 0.4) is 0 Å². The highest BCUT2D eigenvalue weighted by molar-refractivity contribution is 6.34. The minimum atomic E-state index is -0.765. The van der Waals surface area contributed by atoms with Gasteiger partial charge in [-0.1, -0.05) is 18.2 Å². The van der Waals surface area contributed by atoms with Crippen molar-refractivity contribution in [2.45, 2.75) is 0 Å². The maximum Gasteiger partial charge on any atom is 0.296 e. The van der Waals surface area contributed by atoms with Crippen molar-refractivity contribution in [3.05, 3.63) is 54.1 Å². The Morgan fingerprint density at radius 1 is 1.22 bits per heavy atom. The summed E-state index contributed by atoms with van der Waals surface area (Å²) < 4.78 is 12.8. The van der Waals surface area contributed by atoms with E-state index in [9.17, 15) is 19.1 Å². The first kappa shape index (κ1) is 12.0. The van der Waals surface area contributed by atoms with Crippen LogP contribution < -0.4 is 0 Å². The number of aliphatic hydroxyl groups excluding tert-OH is 1. The van der Waals surface area contributed by atoms with Crippen molar-refractivity contribution in [2.24, 2.45) is 0 Å². The summed E-state index contributed by atoms with van der Waals surface area (Å²) in [6.45, 7) is 3.45. The monoisotopic (exact) mass is 247 g/mol. The molecular weight excluding hydrogens is 237 g/mol. The van der Waals surface area contributed by atoms with E-state index in [0.29, 0.717) is 5.56 Å². The molecule has 1 aliphatic rings. The average Bonchev–Trinajstić information content (AvgIpc) is 2.56. The first-order valence-electron chi connectivity index (χ1n) is 5.22. The Kier molecular flexibility index (Phi) is 2.97. The van der Waals surface area contributed by atoms with E-state index in [2.05, 4.69) is 6.58 Å². The zero-order valence-corrected chi connectivity index (χ0v) is 9.39. The van der Waals surface area contributed by atoms with Gasteiger partial charge in [-0.25, -0.2) is 4.39 Å². The molecule has 0 radical (unpaired) electrons. The Labute approximate surface area is 103 Å². The predicted octanol–water partition coefficient (Wildman–Crippen LogP) is 1.65. The van der Waals surface area contributed by atoms with E-state index in [1.54, 1.807) is 0 Å². The Morgan fingerprint density at radius 3 is 2.39 bits per heavy atom. The van der Waals surface area contributed by atoms with Crippen molar-refractivity contribution < 1.29 is 19.1 Å². The van der Waals surface area contributed by atoms with Crippen LogP contribution in [0.15, 0.2) is 42.7 Å². The number of rotatable bonds is 3. The molecule has 0 unspecified atom stereocenters. The van der Waals surface area contributed by atoms with Gasteiger partial charge in [-0.3, -0.25) is 14.5 Å². The lowest BCUT2D eigenvalue weighted by Gasteiger charge is -2.10. The second kappa shape index (κ2) is 4.44. The molecule has 5 heteroatoms. The van der Waals surface area contributed by atoms with Crippen molar-refractivity contribution in [1.82, 2.24) is 4.90 Å². The summed E-state index contributed by atoms with van der Waals surface area (Å²) in [5, 5.41) is 9.69. The van der Waals surface area contributed by atoms with E-state index in [1.807, 2.05) is 0 Å². The number of aliphatic hydroxyl groups is 1. The maximum absolute atomic E-state index is 12.8. The van der Waals surface area contributed by atoms with Crippen molar-refractivity contribution >= 4 is 17.4 Å². The zero-order chi connectivity index (χ0) is 13.3. The molecule has 1 heterocycles. The normalized spacial score (nSPS) is 15.5. The summed E-state index contributed by atoms with van der Waals surface area (Å²) in [6, 6.07) is 4.99. The van der Waals surface area contributed by atoms with Crippen LogP contribution in [0.1, 0.15) is 5.56 Å². The number of halogens is 1. The molecule has 18 heavy (non-hydrogen) atoms. The molecule has 1 aliphatic heterocycles. The maximum atomic E-state index is 12.8. The molecule has 0 fully saturated rings. The number of amides is 2. The van der Waals surface area contributed by atoms with E-state index in [0.717, 1.165) is 17.0 Å². The summed E-state index contributed by atoms with van der Waals surface area (Å²) in [7, 11) is 0. The SMILES string of the molecule is C=CCN1C(=O)C(O)=C(c2ccc(F)cc2)C1=O. The molecule has 4 nitrogen and oxygen atoms in total. The highest BCUT2D eigenvalue weighted by atomic mass is 19.1. The summed E-state index contributed by atoms with van der Waals surface area (Å²) in [6.07, 6.45) is 1.39. The van der Waals surface area contributed by atoms with E-state index in [1.165, 1.54) is 18.2 Å². The zero-order valence-electron chi connectivity index (χ0n) is 9.39. The number of hydrogen-bond acceptors (Lipinski definition) is 3. The third kappa shape index (κ3) is 1.79. The fraction of sp³-hybridized carbons (Fsp3) is 0.0769. The van der Waals surface area contributed by atoms with E-state index >= 15 is 0 Å². The minimum absolute atomic E-state index is 0.0203. The molecule has 0 aromatic heterocycles. The summed E-state index contributed by atoms with van der Waals surface area (Å²) in [5.74, 6) is -2.45. The lowest BCUT2D eigenvalue weighted by Crippen LogP contribution is -2.31. The largest absolute Gasteiger partial charge is 0.502 e. The number of nitrogens with zero attached hydrogens (tertiary/aromatic N) is 1. The molecule has 2 rings (SSSR count). The highest BCUT2D eigenvalue weighted by Crippen LogP contribution is 2.27. The molecule has 0 spiro atoms. The van der Waals surface area contributed by atoms with Crippen LogP contribution in [0.5, 0.6) is 0 Å². The van der Waals surface area contributed by atoms with Gasteiger partial charge in [0.1, 0.15) is 5.82 Å². The van der Waals surface area contributed by atoms with E-state index in [-0.39, 0.29) is 12.1 Å². The fourth-order valence-electron chi connectivity index (χ4n) is 1.73. The van der Waals surface area contributed by atoms with E-state index in [4.69, 9.17) is 0 Å². The van der Waals surface area contributed by atoms with Gasteiger partial charge in [0.2, 0.25) is 0 Å². The highest BCUT2D eigenvalue weighted by Gasteiger charge is 2.38. The molecule has 0 bridgehead atoms. The molecule has 1 aromatic rings. The smallest absolute Gasteiger partial charge is 0.296 e. The van der Waals surface area contributed by atoms with Gasteiger partial charge in [0.05, 0.1) is 5.57 Å². The van der Waals surface area contributed by atoms with Crippen LogP contribution in [0, 0.1) is 5.82 Å². The first-order chi connectivity index (χ1) is 8.56. The van der Waals surface area contributed by atoms with Gasteiger partial charge in [-0.15, -0.1) is 6.58 Å². The van der Waals surface area contributed by atoms with Crippen LogP contribution in [0.2, 0.25) is 0 Å². The van der Waals surface area contributed by atoms with Crippen LogP contribution in [-0.2, 0) is 9.59 Å². The van der Waals surface area contributed by atoms with Gasteiger partial charge in [-0.05, 0) is 17.7 Å². The van der Waals surface area contributed by atoms with Gasteiger partial charge in [-0.2, -0.15) is 0 Å². The Bertz CT molecular complexity index is 560. The lowest BCUT2D eigenvalue weighted by atomic mass is 10.1. The molecule has 0 atom stereocenters. The van der Waals surface area contributed by atoms with Crippen molar-refractivity contribution in [1.29, 1.82) is 0 Å². The number of carbonyl (C=O) groups is 2. The Hall–Kier alpha value is -2.43. The van der Waals surface area contributed by atoms with Gasteiger partial charge in [0.15, 0.2) is 5.76 Å². The second-order valence-corrected chi connectivity index (χ2v) is 3.74. The quantitative estimate of drug-likeness (QED) is 0.652. The van der Waals surface area contributed by atoms with Crippen molar-refractivity contribution in [3.8, 4) is 0 Å². The fourth-order valence-corrected chi connectivity index (χ4v) is 1.73. The second-order valence-electron chi connectivity index (χ2n) is 3.74. The average molecular weight is 247 g/mol. The molecular formula is C13H10FNO3. The third-order valence-electron chi connectivity index (χ3n) is 2.59. The molecule has 92 valence electrons. The molecule has 2 amide bonds. The molecule has 1 aromatic carbocycles. The summed E-state index contributed by atoms with van der Waals surface area (Å²) >= 11 is 0. The molecule has 1 N–H and O–H groups in total. The molecule has 0 saturated carbocycles. The number of carbonyl (C=O) groups excluding carboxylic acids is 2. The van der Waals surface area contributed by atoms with Gasteiger partial charge >= 0.3 is 0 Å². The molecule has 0 saturated heterocycles. The van der Waals surface area contributed by atoms with Gasteiger partial charge in [0.25, 0.3) is 11.8 Å². The third-order valence-corrected chi connectivity index (χ3v) is 2.59. The standard InChI is InChI=1S/C13H10FNO3/c1-2-7-15-12(17)10(11(16)13(15)18)8-3-5-9(14)6-4-8/h2-6,16H,1,7H2. The Morgan fingerprint density at radius 2 is 1.83 bits per heavy atom. The summed E-state index contributed by atoms with van der Waals surface area (Å²) in [5.41, 5.74) is 0.195. The van der Waals surface area contributed by atoms with Gasteiger partial charge in [0, 0.05) is 6.54 Å². The van der Waals surface area contributed by atoms with Gasteiger partial charge < -0.3 is 5.11 Å². The summed E-state index contributed by atoms with van der Waals surface area (Å²) in [4.78, 5) is 24.5. The molecule has 0 aliphatic carbocycles. The topological polar surface area (TPSA) is 57.6 Å². The Balaban J connectivity index is 2.44. The minimum Gasteiger partial charge on any atom is -0.502 e. The van der Waals surface area contributed by atoms with Crippen LogP contribution in [0.4, 0.5) is 4.39 Å². The number of hydrogen-bond donors (Lipinski definition) is 1. The van der Waals surface area contributed by atoms with Crippen LogP contribution in [-0.4, -0.2) is 28.4 Å². The predicted molar refractivity (Wildman–Crippen MR) is 62.9 cm³/mol. The van der Waals surface area contributed by atoms with Crippen molar-refractivity contribution in [3.63, 3.8) is 0 Å². The lowest BCUT2D eigenvalue weighted by molar-refractivity contribution is -0.137. The van der Waals surface area contributed by atoms with Crippen LogP contribution >= 0.6 is 0 Å². The number of benzene rings is 1. The van der Waals surface area contributed by atoms with Crippen molar-refractivity contribution in [2.75, 3.05) is 6.54 Å². The van der Waals surface area contributed by atoms with E-state index < -0.39 is 23.4 Å². The number of imide groups is 1.